The molecule has 1 aromatic heterocycles. The average Bonchev–Trinajstić information content (AvgIpc) is 2.35. The lowest BCUT2D eigenvalue weighted by molar-refractivity contribution is -0.311. The number of halogens is 1. The molecule has 0 radical (unpaired) electrons. The predicted molar refractivity (Wildman–Crippen MR) is 61.7 cm³/mol. The van der Waals surface area contributed by atoms with Gasteiger partial charge in [0.1, 0.15) is 11.0 Å². The van der Waals surface area contributed by atoms with Gasteiger partial charge in [-0.2, -0.15) is 0 Å². The Hall–Kier alpha value is -1.71. The van der Waals surface area contributed by atoms with E-state index < -0.39 is 0 Å². The molecule has 0 aliphatic carbocycles. The lowest BCUT2D eigenvalue weighted by Crippen LogP contribution is -3.00. The molecule has 3 rings (SSSR count). The Morgan fingerprint density at radius 1 is 1.00 bits per heavy atom. The SMILES string of the molecule is OCc1cccc2nc3ccccc3[nH+]c12.[Cl-]. The second-order valence-corrected chi connectivity index (χ2v) is 3.72. The Balaban J connectivity index is 0.00000108. The molecule has 3 aromatic rings. The Kier molecular flexibility index (Phi) is 3.22. The number of nitrogens with zero attached hydrogens (tertiary/aromatic N) is 1. The van der Waals surface area contributed by atoms with Crippen LogP contribution >= 0.6 is 0 Å². The number of rotatable bonds is 1. The fourth-order valence-corrected chi connectivity index (χ4v) is 1.90. The average molecular weight is 247 g/mol. The monoisotopic (exact) mass is 246 g/mol. The van der Waals surface area contributed by atoms with Crippen molar-refractivity contribution in [3.63, 3.8) is 0 Å². The maximum absolute atomic E-state index is 9.26. The van der Waals surface area contributed by atoms with E-state index in [1.165, 1.54) is 0 Å². The van der Waals surface area contributed by atoms with Gasteiger partial charge in [-0.1, -0.05) is 18.2 Å². The highest BCUT2D eigenvalue weighted by molar-refractivity contribution is 5.82. The summed E-state index contributed by atoms with van der Waals surface area (Å²) in [5.41, 5.74) is 4.57. The van der Waals surface area contributed by atoms with Crippen LogP contribution in [0.4, 0.5) is 0 Å². The van der Waals surface area contributed by atoms with E-state index in [9.17, 15) is 5.11 Å². The first-order valence-corrected chi connectivity index (χ1v) is 5.19. The van der Waals surface area contributed by atoms with Gasteiger partial charge in [-0.3, -0.25) is 0 Å². The topological polar surface area (TPSA) is 47.3 Å². The molecule has 0 aliphatic heterocycles. The molecule has 17 heavy (non-hydrogen) atoms. The minimum atomic E-state index is 0. The molecule has 0 fully saturated rings. The van der Waals surface area contributed by atoms with Crippen LogP contribution in [0.5, 0.6) is 0 Å². The number of hydrogen-bond acceptors (Lipinski definition) is 2. The van der Waals surface area contributed by atoms with E-state index in [0.29, 0.717) is 0 Å². The molecule has 0 saturated heterocycles. The van der Waals surface area contributed by atoms with Gasteiger partial charge in [-0.25, -0.2) is 9.97 Å². The van der Waals surface area contributed by atoms with Crippen molar-refractivity contribution in [1.82, 2.24) is 4.98 Å². The third-order valence-corrected chi connectivity index (χ3v) is 2.70. The Morgan fingerprint density at radius 2 is 1.76 bits per heavy atom. The molecule has 0 atom stereocenters. The first-order valence-electron chi connectivity index (χ1n) is 5.19. The minimum absolute atomic E-state index is 0. The second kappa shape index (κ2) is 4.65. The fourth-order valence-electron chi connectivity index (χ4n) is 1.90. The van der Waals surface area contributed by atoms with Crippen LogP contribution in [0.1, 0.15) is 5.56 Å². The summed E-state index contributed by atoms with van der Waals surface area (Å²) in [7, 11) is 0. The molecular weight excluding hydrogens is 236 g/mol. The molecule has 1 heterocycles. The normalized spacial score (nSPS) is 10.4. The van der Waals surface area contributed by atoms with Crippen molar-refractivity contribution in [2.45, 2.75) is 6.61 Å². The summed E-state index contributed by atoms with van der Waals surface area (Å²) in [4.78, 5) is 7.85. The number of aliphatic hydroxyl groups excluding tert-OH is 1. The van der Waals surface area contributed by atoms with Crippen molar-refractivity contribution >= 4 is 22.1 Å². The quantitative estimate of drug-likeness (QED) is 0.543. The third-order valence-electron chi connectivity index (χ3n) is 2.70. The number of benzene rings is 2. The summed E-state index contributed by atoms with van der Waals surface area (Å²) in [6.07, 6.45) is 0. The van der Waals surface area contributed by atoms with Crippen molar-refractivity contribution in [3.8, 4) is 0 Å². The van der Waals surface area contributed by atoms with Gasteiger partial charge >= 0.3 is 0 Å². The first-order chi connectivity index (χ1) is 7.88. The number of aliphatic hydroxyl groups is 1. The van der Waals surface area contributed by atoms with E-state index in [4.69, 9.17) is 0 Å². The van der Waals surface area contributed by atoms with Gasteiger partial charge in [0.25, 0.3) is 0 Å². The molecule has 0 unspecified atom stereocenters. The van der Waals surface area contributed by atoms with Gasteiger partial charge in [0.05, 0.1) is 12.2 Å². The predicted octanol–water partition coefficient (Wildman–Crippen LogP) is -1.30. The number of aromatic amines is 1. The van der Waals surface area contributed by atoms with Gasteiger partial charge in [0, 0.05) is 6.07 Å². The largest absolute Gasteiger partial charge is 1.00 e. The lowest BCUT2D eigenvalue weighted by atomic mass is 10.1. The molecule has 86 valence electrons. The molecule has 0 spiro atoms. The van der Waals surface area contributed by atoms with E-state index in [0.717, 1.165) is 27.6 Å². The number of hydrogen-bond donors (Lipinski definition) is 1. The van der Waals surface area contributed by atoms with Crippen LogP contribution < -0.4 is 17.4 Å². The van der Waals surface area contributed by atoms with E-state index in [2.05, 4.69) is 9.97 Å². The first kappa shape index (κ1) is 11.8. The van der Waals surface area contributed by atoms with Gasteiger partial charge < -0.3 is 17.5 Å². The van der Waals surface area contributed by atoms with Gasteiger partial charge in [0.15, 0.2) is 0 Å². The van der Waals surface area contributed by atoms with Crippen LogP contribution in [0.25, 0.3) is 22.1 Å². The van der Waals surface area contributed by atoms with E-state index in [1.54, 1.807) is 0 Å². The van der Waals surface area contributed by atoms with E-state index in [-0.39, 0.29) is 19.0 Å². The van der Waals surface area contributed by atoms with Crippen LogP contribution in [0, 0.1) is 0 Å². The molecule has 0 saturated carbocycles. The van der Waals surface area contributed by atoms with Crippen LogP contribution in [0.2, 0.25) is 0 Å². The third kappa shape index (κ3) is 1.95. The number of H-pyrrole nitrogens is 1. The summed E-state index contributed by atoms with van der Waals surface area (Å²) < 4.78 is 0. The maximum atomic E-state index is 9.26. The molecule has 0 aliphatic rings. The summed E-state index contributed by atoms with van der Waals surface area (Å²) in [6.45, 7) is 0.0217. The number of aromatic nitrogens is 2. The Bertz CT molecular complexity index is 670. The molecular formula is C13H11ClN2O. The van der Waals surface area contributed by atoms with Crippen LogP contribution in [0.15, 0.2) is 42.5 Å². The van der Waals surface area contributed by atoms with Crippen molar-refractivity contribution in [3.05, 3.63) is 48.0 Å². The van der Waals surface area contributed by atoms with Crippen molar-refractivity contribution < 1.29 is 22.5 Å². The highest BCUT2D eigenvalue weighted by Crippen LogP contribution is 2.15. The van der Waals surface area contributed by atoms with Crippen LogP contribution in [-0.4, -0.2) is 10.1 Å². The standard InChI is InChI=1S/C13H10N2O.ClH/c16-8-9-4-3-7-12-13(9)15-11-6-2-1-5-10(11)14-12;/h1-7,16H,8H2;1H. The van der Waals surface area contributed by atoms with E-state index in [1.807, 2.05) is 42.5 Å². The molecule has 2 aromatic carbocycles. The smallest absolute Gasteiger partial charge is 0.235 e. The summed E-state index contributed by atoms with van der Waals surface area (Å²) in [5.74, 6) is 0. The highest BCUT2D eigenvalue weighted by Gasteiger charge is 2.10. The summed E-state index contributed by atoms with van der Waals surface area (Å²) >= 11 is 0. The lowest BCUT2D eigenvalue weighted by Gasteiger charge is -1.98. The Labute approximate surface area is 105 Å². The zero-order valence-corrected chi connectivity index (χ0v) is 9.78. The zero-order valence-electron chi connectivity index (χ0n) is 9.02. The number of nitrogens with one attached hydrogen (secondary N) is 1. The molecule has 2 N–H and O–H groups in total. The molecule has 4 heteroatoms. The number of fused-ring (bicyclic) bond motifs is 2. The molecule has 0 bridgehead atoms. The van der Waals surface area contributed by atoms with E-state index >= 15 is 0 Å². The second-order valence-electron chi connectivity index (χ2n) is 3.72. The van der Waals surface area contributed by atoms with Crippen molar-refractivity contribution in [2.75, 3.05) is 0 Å². The summed E-state index contributed by atoms with van der Waals surface area (Å²) in [6, 6.07) is 13.6. The molecule has 0 amide bonds. The number of para-hydroxylation sites is 3. The van der Waals surface area contributed by atoms with Gasteiger partial charge in [-0.15, -0.1) is 0 Å². The van der Waals surface area contributed by atoms with Crippen molar-refractivity contribution in [2.24, 2.45) is 0 Å². The fraction of sp³-hybridized carbons (Fsp3) is 0.0769. The highest BCUT2D eigenvalue weighted by atomic mass is 35.5. The maximum Gasteiger partial charge on any atom is 0.235 e. The van der Waals surface area contributed by atoms with Gasteiger partial charge in [0.2, 0.25) is 11.0 Å². The van der Waals surface area contributed by atoms with Gasteiger partial charge in [-0.05, 0) is 18.2 Å². The Morgan fingerprint density at radius 3 is 2.59 bits per heavy atom. The summed E-state index contributed by atoms with van der Waals surface area (Å²) in [5, 5.41) is 9.26. The van der Waals surface area contributed by atoms with Crippen molar-refractivity contribution in [1.29, 1.82) is 0 Å². The van der Waals surface area contributed by atoms with Crippen LogP contribution in [0.3, 0.4) is 0 Å². The zero-order chi connectivity index (χ0) is 11.0. The van der Waals surface area contributed by atoms with Crippen LogP contribution in [-0.2, 0) is 6.61 Å². The minimum Gasteiger partial charge on any atom is -1.00 e. The molecule has 3 nitrogen and oxygen atoms in total.